The van der Waals surface area contributed by atoms with Gasteiger partial charge in [-0.15, -0.1) is 5.10 Å². The fourth-order valence-corrected chi connectivity index (χ4v) is 2.48. The van der Waals surface area contributed by atoms with Gasteiger partial charge >= 0.3 is 0 Å². The van der Waals surface area contributed by atoms with Gasteiger partial charge in [-0.2, -0.15) is 10.1 Å². The Morgan fingerprint density at radius 2 is 1.88 bits per heavy atom. The van der Waals surface area contributed by atoms with Crippen LogP contribution in [0.5, 0.6) is 11.5 Å². The lowest BCUT2D eigenvalue weighted by molar-refractivity contribution is 0.101. The molecule has 0 unspecified atom stereocenters. The second-order valence-corrected chi connectivity index (χ2v) is 5.62. The third-order valence-electron chi connectivity index (χ3n) is 3.73. The highest BCUT2D eigenvalue weighted by Crippen LogP contribution is 2.34. The SMILES string of the molecule is CC(=O)c1cccc(Nc2nncc(Nc3ccc4c(c3)OCO4)n2)c1. The number of rotatable bonds is 5. The molecule has 8 heteroatoms. The molecule has 0 fully saturated rings. The zero-order valence-electron chi connectivity index (χ0n) is 13.9. The summed E-state index contributed by atoms with van der Waals surface area (Å²) in [5.41, 5.74) is 2.11. The average Bonchev–Trinajstić information content (AvgIpc) is 3.10. The molecule has 3 aromatic rings. The van der Waals surface area contributed by atoms with Crippen molar-refractivity contribution < 1.29 is 14.3 Å². The lowest BCUT2D eigenvalue weighted by atomic mass is 10.1. The largest absolute Gasteiger partial charge is 0.454 e. The van der Waals surface area contributed by atoms with Crippen LogP contribution in [0.1, 0.15) is 17.3 Å². The molecule has 0 aliphatic carbocycles. The van der Waals surface area contributed by atoms with E-state index >= 15 is 0 Å². The molecule has 0 saturated heterocycles. The van der Waals surface area contributed by atoms with Gasteiger partial charge < -0.3 is 20.1 Å². The smallest absolute Gasteiger partial charge is 0.249 e. The number of Topliss-reactive ketones (excluding diaryl/α,β-unsaturated/α-hetero) is 1. The van der Waals surface area contributed by atoms with Gasteiger partial charge in [0.05, 0.1) is 6.20 Å². The van der Waals surface area contributed by atoms with E-state index in [1.54, 1.807) is 18.2 Å². The minimum atomic E-state index is -0.00841. The van der Waals surface area contributed by atoms with Gasteiger partial charge in [-0.1, -0.05) is 12.1 Å². The topological polar surface area (TPSA) is 98.3 Å². The second-order valence-electron chi connectivity index (χ2n) is 5.62. The van der Waals surface area contributed by atoms with E-state index in [0.29, 0.717) is 34.5 Å². The minimum absolute atomic E-state index is 0.00841. The molecule has 2 aromatic carbocycles. The van der Waals surface area contributed by atoms with E-state index in [1.807, 2.05) is 24.3 Å². The van der Waals surface area contributed by atoms with Crippen LogP contribution in [0.15, 0.2) is 48.7 Å². The maximum atomic E-state index is 11.5. The van der Waals surface area contributed by atoms with E-state index in [9.17, 15) is 4.79 Å². The molecule has 2 heterocycles. The van der Waals surface area contributed by atoms with E-state index in [4.69, 9.17) is 9.47 Å². The van der Waals surface area contributed by atoms with Crippen molar-refractivity contribution in [3.8, 4) is 11.5 Å². The number of nitrogens with zero attached hydrogens (tertiary/aromatic N) is 3. The number of hydrogen-bond donors (Lipinski definition) is 2. The molecule has 1 aliphatic rings. The van der Waals surface area contributed by atoms with Crippen molar-refractivity contribution in [2.45, 2.75) is 6.92 Å². The number of anilines is 4. The molecule has 0 spiro atoms. The Morgan fingerprint density at radius 1 is 1.04 bits per heavy atom. The van der Waals surface area contributed by atoms with E-state index in [0.717, 1.165) is 5.69 Å². The highest BCUT2D eigenvalue weighted by atomic mass is 16.7. The number of benzene rings is 2. The van der Waals surface area contributed by atoms with Crippen molar-refractivity contribution in [3.05, 3.63) is 54.2 Å². The fraction of sp³-hybridized carbons (Fsp3) is 0.111. The summed E-state index contributed by atoms with van der Waals surface area (Å²) < 4.78 is 10.7. The first-order chi connectivity index (χ1) is 12.7. The first-order valence-electron chi connectivity index (χ1n) is 7.92. The summed E-state index contributed by atoms with van der Waals surface area (Å²) in [5, 5.41) is 14.1. The second kappa shape index (κ2) is 6.67. The first-order valence-corrected chi connectivity index (χ1v) is 7.92. The van der Waals surface area contributed by atoms with Gasteiger partial charge in [0.1, 0.15) is 0 Å². The minimum Gasteiger partial charge on any atom is -0.454 e. The monoisotopic (exact) mass is 349 g/mol. The normalized spacial score (nSPS) is 11.9. The summed E-state index contributed by atoms with van der Waals surface area (Å²) in [6.07, 6.45) is 1.52. The van der Waals surface area contributed by atoms with E-state index < -0.39 is 0 Å². The number of ether oxygens (including phenoxy) is 2. The summed E-state index contributed by atoms with van der Waals surface area (Å²) in [7, 11) is 0. The summed E-state index contributed by atoms with van der Waals surface area (Å²) in [6.45, 7) is 1.74. The maximum Gasteiger partial charge on any atom is 0.249 e. The van der Waals surface area contributed by atoms with Gasteiger partial charge in [0, 0.05) is 23.0 Å². The van der Waals surface area contributed by atoms with Crippen LogP contribution in [0.25, 0.3) is 0 Å². The van der Waals surface area contributed by atoms with Gasteiger partial charge in [-0.3, -0.25) is 4.79 Å². The quantitative estimate of drug-likeness (QED) is 0.677. The molecular formula is C18H15N5O3. The highest BCUT2D eigenvalue weighted by molar-refractivity contribution is 5.95. The van der Waals surface area contributed by atoms with Crippen molar-refractivity contribution in [1.29, 1.82) is 0 Å². The number of ketones is 1. The number of carbonyl (C=O) groups is 1. The number of carbonyl (C=O) groups excluding carboxylic acids is 1. The van der Waals surface area contributed by atoms with Gasteiger partial charge in [-0.05, 0) is 31.2 Å². The number of hydrogen-bond acceptors (Lipinski definition) is 8. The fourth-order valence-electron chi connectivity index (χ4n) is 2.48. The number of nitrogens with one attached hydrogen (secondary N) is 2. The van der Waals surface area contributed by atoms with Crippen molar-refractivity contribution in [2.75, 3.05) is 17.4 Å². The van der Waals surface area contributed by atoms with E-state index in [-0.39, 0.29) is 12.6 Å². The molecule has 4 rings (SSSR count). The predicted molar refractivity (Wildman–Crippen MR) is 95.4 cm³/mol. The molecule has 0 radical (unpaired) electrons. The Labute approximate surface area is 149 Å². The van der Waals surface area contributed by atoms with Crippen LogP contribution in [-0.4, -0.2) is 27.8 Å². The molecule has 26 heavy (non-hydrogen) atoms. The lowest BCUT2D eigenvalue weighted by Gasteiger charge is -2.09. The Balaban J connectivity index is 1.51. The van der Waals surface area contributed by atoms with Crippen LogP contribution in [0.2, 0.25) is 0 Å². The summed E-state index contributed by atoms with van der Waals surface area (Å²) in [6, 6.07) is 12.6. The molecule has 0 bridgehead atoms. The van der Waals surface area contributed by atoms with Crippen LogP contribution >= 0.6 is 0 Å². The van der Waals surface area contributed by atoms with Gasteiger partial charge in [0.15, 0.2) is 23.1 Å². The van der Waals surface area contributed by atoms with Crippen LogP contribution < -0.4 is 20.1 Å². The third kappa shape index (κ3) is 3.39. The average molecular weight is 349 g/mol. The Hall–Kier alpha value is -3.68. The van der Waals surface area contributed by atoms with Gasteiger partial charge in [0.2, 0.25) is 12.7 Å². The number of fused-ring (bicyclic) bond motifs is 1. The van der Waals surface area contributed by atoms with Gasteiger partial charge in [-0.25, -0.2) is 0 Å². The van der Waals surface area contributed by atoms with Crippen LogP contribution in [0, 0.1) is 0 Å². The molecule has 1 aliphatic heterocycles. The first kappa shape index (κ1) is 15.8. The Morgan fingerprint density at radius 3 is 2.77 bits per heavy atom. The van der Waals surface area contributed by atoms with Crippen molar-refractivity contribution in [1.82, 2.24) is 15.2 Å². The van der Waals surface area contributed by atoms with Gasteiger partial charge in [0.25, 0.3) is 0 Å². The molecule has 8 nitrogen and oxygen atoms in total. The van der Waals surface area contributed by atoms with Crippen molar-refractivity contribution in [3.63, 3.8) is 0 Å². The molecule has 0 atom stereocenters. The molecule has 130 valence electrons. The summed E-state index contributed by atoms with van der Waals surface area (Å²) >= 11 is 0. The zero-order valence-corrected chi connectivity index (χ0v) is 13.9. The standard InChI is InChI=1S/C18H15N5O3/c1-11(24)12-3-2-4-13(7-12)21-18-22-17(9-19-23-18)20-14-5-6-15-16(8-14)26-10-25-15/h2-9H,10H2,1H3,(H2,20,21,22,23). The molecule has 0 saturated carbocycles. The highest BCUT2D eigenvalue weighted by Gasteiger charge is 2.13. The summed E-state index contributed by atoms with van der Waals surface area (Å²) in [4.78, 5) is 15.9. The van der Waals surface area contributed by atoms with Crippen molar-refractivity contribution >= 4 is 28.9 Å². The third-order valence-corrected chi connectivity index (χ3v) is 3.73. The van der Waals surface area contributed by atoms with E-state index in [1.165, 1.54) is 13.1 Å². The Bertz CT molecular complexity index is 977. The van der Waals surface area contributed by atoms with Crippen LogP contribution in [0.3, 0.4) is 0 Å². The Kier molecular flexibility index (Phi) is 4.06. The lowest BCUT2D eigenvalue weighted by Crippen LogP contribution is -2.03. The van der Waals surface area contributed by atoms with E-state index in [2.05, 4.69) is 25.8 Å². The molecule has 2 N–H and O–H groups in total. The zero-order chi connectivity index (χ0) is 17.9. The summed E-state index contributed by atoms with van der Waals surface area (Å²) in [5.74, 6) is 2.21. The van der Waals surface area contributed by atoms with Crippen LogP contribution in [-0.2, 0) is 0 Å². The maximum absolute atomic E-state index is 11.5. The molecule has 1 aromatic heterocycles. The molecular weight excluding hydrogens is 334 g/mol. The molecule has 0 amide bonds. The van der Waals surface area contributed by atoms with Crippen LogP contribution in [0.4, 0.5) is 23.1 Å². The predicted octanol–water partition coefficient (Wildman–Crippen LogP) is 3.29. The number of aromatic nitrogens is 3. The van der Waals surface area contributed by atoms with Crippen molar-refractivity contribution in [2.24, 2.45) is 0 Å².